The van der Waals surface area contributed by atoms with E-state index in [4.69, 9.17) is 13.9 Å². The summed E-state index contributed by atoms with van der Waals surface area (Å²) in [5.41, 5.74) is 3.94. The van der Waals surface area contributed by atoms with Crippen molar-refractivity contribution in [2.45, 2.75) is 11.6 Å². The highest BCUT2D eigenvalue weighted by Crippen LogP contribution is 2.23. The van der Waals surface area contributed by atoms with Gasteiger partial charge in [-0.1, -0.05) is 36.0 Å². The highest BCUT2D eigenvalue weighted by molar-refractivity contribution is 7.99. The summed E-state index contributed by atoms with van der Waals surface area (Å²) in [6, 6.07) is 14.6. The lowest BCUT2D eigenvalue weighted by molar-refractivity contribution is 0.0955. The number of benzene rings is 2. The van der Waals surface area contributed by atoms with Gasteiger partial charge in [-0.15, -0.1) is 15.3 Å². The van der Waals surface area contributed by atoms with Gasteiger partial charge < -0.3 is 13.9 Å². The minimum Gasteiger partial charge on any atom is -0.497 e. The van der Waals surface area contributed by atoms with E-state index >= 15 is 0 Å². The smallest absolute Gasteiger partial charge is 0.277 e. The fourth-order valence-corrected chi connectivity index (χ4v) is 3.16. The molecule has 2 heterocycles. The summed E-state index contributed by atoms with van der Waals surface area (Å²) in [6.45, 7) is 0. The number of carbonyl (C=O) groups is 1. The van der Waals surface area contributed by atoms with Crippen molar-refractivity contribution in [1.82, 2.24) is 15.6 Å². The van der Waals surface area contributed by atoms with Crippen molar-refractivity contribution >= 4 is 23.6 Å². The zero-order valence-corrected chi connectivity index (χ0v) is 15.7. The van der Waals surface area contributed by atoms with Crippen LogP contribution in [-0.2, 0) is 6.42 Å². The molecule has 1 aromatic heterocycles. The number of rotatable bonds is 6. The zero-order valence-electron chi connectivity index (χ0n) is 14.9. The zero-order chi connectivity index (χ0) is 19.3. The lowest BCUT2D eigenvalue weighted by Gasteiger charge is -2.06. The molecule has 0 aliphatic carbocycles. The second-order valence-corrected chi connectivity index (χ2v) is 6.75. The van der Waals surface area contributed by atoms with Gasteiger partial charge in [0.25, 0.3) is 11.1 Å². The summed E-state index contributed by atoms with van der Waals surface area (Å²) in [6.07, 6.45) is 0.526. The quantitative estimate of drug-likeness (QED) is 0.640. The van der Waals surface area contributed by atoms with Gasteiger partial charge in [-0.25, -0.2) is 5.43 Å². The number of fused-ring (bicyclic) bond motifs is 1. The Morgan fingerprint density at radius 3 is 2.75 bits per heavy atom. The first-order valence-electron chi connectivity index (χ1n) is 8.43. The predicted molar refractivity (Wildman–Crippen MR) is 103 cm³/mol. The van der Waals surface area contributed by atoms with Gasteiger partial charge in [-0.2, -0.15) is 0 Å². The third-order valence-electron chi connectivity index (χ3n) is 3.92. The Balaban J connectivity index is 1.37. The number of hydrogen-bond acceptors (Lipinski definition) is 8. The summed E-state index contributed by atoms with van der Waals surface area (Å²) in [5.74, 6) is 2.13. The number of nitrogens with zero attached hydrogens (tertiary/aromatic N) is 3. The van der Waals surface area contributed by atoms with Gasteiger partial charge in [0.1, 0.15) is 11.5 Å². The molecule has 9 heteroatoms. The number of hydrazone groups is 1. The number of ether oxygens (including phenoxy) is 2. The van der Waals surface area contributed by atoms with Gasteiger partial charge in [0.15, 0.2) is 0 Å². The molecule has 0 atom stereocenters. The monoisotopic (exact) mass is 396 g/mol. The average Bonchev–Trinajstić information content (AvgIpc) is 3.11. The largest absolute Gasteiger partial charge is 0.497 e. The summed E-state index contributed by atoms with van der Waals surface area (Å²) in [4.78, 5) is 12.0. The molecule has 28 heavy (non-hydrogen) atoms. The average molecular weight is 396 g/mol. The van der Waals surface area contributed by atoms with Crippen LogP contribution in [0.3, 0.4) is 0 Å². The minimum atomic E-state index is -0.310. The minimum absolute atomic E-state index is 0.310. The first-order valence-corrected chi connectivity index (χ1v) is 9.42. The van der Waals surface area contributed by atoms with Crippen LogP contribution in [0.1, 0.15) is 21.8 Å². The van der Waals surface area contributed by atoms with E-state index in [0.29, 0.717) is 40.5 Å². The fraction of sp³-hybridized carbons (Fsp3) is 0.158. The molecular weight excluding hydrogens is 380 g/mol. The van der Waals surface area contributed by atoms with Crippen LogP contribution in [0.4, 0.5) is 0 Å². The van der Waals surface area contributed by atoms with Gasteiger partial charge in [0.2, 0.25) is 11.8 Å². The first kappa shape index (κ1) is 18.1. The van der Waals surface area contributed by atoms with E-state index in [9.17, 15) is 4.79 Å². The van der Waals surface area contributed by atoms with E-state index < -0.39 is 0 Å². The van der Waals surface area contributed by atoms with Crippen LogP contribution >= 0.6 is 11.8 Å². The number of aromatic nitrogens is 2. The lowest BCUT2D eigenvalue weighted by atomic mass is 10.1. The standard InChI is InChI=1S/C19H16N4O4S/c1-25-13-8-6-12(7-9-13)10-16-20-23-19(27-16)28-11-17-21-22-18(24)14-4-2-3-5-15(14)26-17/h2-9H,10-11H2,1H3,(H,22,24). The molecule has 142 valence electrons. The third kappa shape index (κ3) is 4.15. The van der Waals surface area contributed by atoms with Gasteiger partial charge in [0.05, 0.1) is 24.8 Å². The van der Waals surface area contributed by atoms with E-state index in [0.717, 1.165) is 11.3 Å². The predicted octanol–water partition coefficient (Wildman–Crippen LogP) is 2.90. The molecule has 2 aromatic carbocycles. The molecule has 4 rings (SSSR count). The lowest BCUT2D eigenvalue weighted by Crippen LogP contribution is -2.18. The topological polar surface area (TPSA) is 98.8 Å². The molecule has 1 N–H and O–H groups in total. The summed E-state index contributed by atoms with van der Waals surface area (Å²) in [5, 5.41) is 12.5. The van der Waals surface area contributed by atoms with Crippen molar-refractivity contribution in [2.75, 3.05) is 12.9 Å². The summed E-state index contributed by atoms with van der Waals surface area (Å²) in [7, 11) is 1.63. The van der Waals surface area contributed by atoms with Gasteiger partial charge in [-0.05, 0) is 29.8 Å². The molecular formula is C19H16N4O4S. The normalized spacial score (nSPS) is 13.0. The second-order valence-electron chi connectivity index (χ2n) is 5.82. The maximum absolute atomic E-state index is 12.0. The number of methoxy groups -OCH3 is 1. The third-order valence-corrected chi connectivity index (χ3v) is 4.73. The Morgan fingerprint density at radius 1 is 1.11 bits per heavy atom. The highest BCUT2D eigenvalue weighted by Gasteiger charge is 2.19. The molecule has 1 aliphatic rings. The number of amides is 1. The maximum Gasteiger partial charge on any atom is 0.277 e. The number of thioether (sulfide) groups is 1. The summed E-state index contributed by atoms with van der Waals surface area (Å²) >= 11 is 1.28. The van der Waals surface area contributed by atoms with Gasteiger partial charge in [-0.3, -0.25) is 4.79 Å². The second kappa shape index (κ2) is 8.13. The van der Waals surface area contributed by atoms with E-state index in [1.807, 2.05) is 24.3 Å². The van der Waals surface area contributed by atoms with Crippen molar-refractivity contribution in [3.05, 3.63) is 65.5 Å². The maximum atomic E-state index is 12.0. The van der Waals surface area contributed by atoms with Crippen molar-refractivity contribution in [3.8, 4) is 11.5 Å². The van der Waals surface area contributed by atoms with Crippen molar-refractivity contribution in [2.24, 2.45) is 5.10 Å². The molecule has 0 saturated carbocycles. The Morgan fingerprint density at radius 2 is 1.93 bits per heavy atom. The number of hydrogen-bond donors (Lipinski definition) is 1. The van der Waals surface area contributed by atoms with E-state index in [1.54, 1.807) is 31.4 Å². The van der Waals surface area contributed by atoms with Crippen LogP contribution < -0.4 is 14.9 Å². The molecule has 0 unspecified atom stereocenters. The Hall–Kier alpha value is -3.33. The highest BCUT2D eigenvalue weighted by atomic mass is 32.2. The van der Waals surface area contributed by atoms with E-state index in [1.165, 1.54) is 11.8 Å². The summed E-state index contributed by atoms with van der Waals surface area (Å²) < 4.78 is 16.5. The molecule has 1 aliphatic heterocycles. The van der Waals surface area contributed by atoms with E-state index in [-0.39, 0.29) is 5.91 Å². The van der Waals surface area contributed by atoms with Crippen LogP contribution in [0, 0.1) is 0 Å². The molecule has 1 amide bonds. The number of para-hydroxylation sites is 1. The Kier molecular flexibility index (Phi) is 5.24. The van der Waals surface area contributed by atoms with E-state index in [2.05, 4.69) is 20.7 Å². The Labute approximate surface area is 164 Å². The van der Waals surface area contributed by atoms with Crippen LogP contribution in [0.5, 0.6) is 11.5 Å². The van der Waals surface area contributed by atoms with Crippen molar-refractivity contribution in [3.63, 3.8) is 0 Å². The van der Waals surface area contributed by atoms with Gasteiger partial charge in [0, 0.05) is 0 Å². The first-order chi connectivity index (χ1) is 13.7. The molecule has 0 radical (unpaired) electrons. The van der Waals surface area contributed by atoms with Crippen LogP contribution in [0.15, 0.2) is 63.3 Å². The molecule has 3 aromatic rings. The SMILES string of the molecule is COc1ccc(Cc2nnc(SCC3=NNC(=O)c4ccccc4O3)o2)cc1. The molecule has 0 fully saturated rings. The van der Waals surface area contributed by atoms with Gasteiger partial charge >= 0.3 is 0 Å². The Bertz CT molecular complexity index is 1020. The van der Waals surface area contributed by atoms with Crippen LogP contribution in [-0.4, -0.2) is 34.9 Å². The number of carbonyl (C=O) groups excluding carboxylic acids is 1. The van der Waals surface area contributed by atoms with Crippen molar-refractivity contribution < 1.29 is 18.7 Å². The van der Waals surface area contributed by atoms with Crippen molar-refractivity contribution in [1.29, 1.82) is 0 Å². The van der Waals surface area contributed by atoms with Crippen LogP contribution in [0.2, 0.25) is 0 Å². The number of nitrogens with one attached hydrogen (secondary N) is 1. The van der Waals surface area contributed by atoms with Crippen LogP contribution in [0.25, 0.3) is 0 Å². The molecule has 8 nitrogen and oxygen atoms in total. The fourth-order valence-electron chi connectivity index (χ4n) is 2.54. The molecule has 0 spiro atoms. The molecule has 0 bridgehead atoms. The molecule has 0 saturated heterocycles.